The topological polar surface area (TPSA) is 66.5 Å². The van der Waals surface area contributed by atoms with Crippen LogP contribution >= 0.6 is 0 Å². The molecule has 84 valence electrons. The third kappa shape index (κ3) is 1.59. The van der Waals surface area contributed by atoms with Gasteiger partial charge in [-0.3, -0.25) is 4.98 Å². The van der Waals surface area contributed by atoms with Crippen molar-refractivity contribution in [2.75, 3.05) is 6.54 Å². The Bertz CT molecular complexity index is 579. The molecule has 0 aliphatic carbocycles. The second-order valence-corrected chi connectivity index (χ2v) is 3.91. The molecule has 0 bridgehead atoms. The zero-order valence-corrected chi connectivity index (χ0v) is 9.22. The Morgan fingerprint density at radius 2 is 2.41 bits per heavy atom. The molecule has 0 atom stereocenters. The second-order valence-electron chi connectivity index (χ2n) is 3.91. The van der Waals surface area contributed by atoms with E-state index in [0.29, 0.717) is 12.2 Å². The van der Waals surface area contributed by atoms with Crippen molar-refractivity contribution in [1.82, 2.24) is 19.9 Å². The summed E-state index contributed by atoms with van der Waals surface area (Å²) in [5.74, 6) is 0.839. The summed E-state index contributed by atoms with van der Waals surface area (Å²) in [5.41, 5.74) is 2.44. The zero-order chi connectivity index (χ0) is 11.7. The molecule has 0 saturated heterocycles. The quantitative estimate of drug-likeness (QED) is 0.783. The van der Waals surface area contributed by atoms with Crippen molar-refractivity contribution in [3.8, 4) is 17.5 Å². The summed E-state index contributed by atoms with van der Waals surface area (Å²) in [6.07, 6.45) is 3.51. The molecule has 0 amide bonds. The molecule has 0 aromatic carbocycles. The number of aromatic nitrogens is 3. The number of nitrogens with zero attached hydrogens (tertiary/aromatic N) is 4. The number of nitrogens with one attached hydrogen (secondary N) is 1. The first-order chi connectivity index (χ1) is 8.40. The fourth-order valence-corrected chi connectivity index (χ4v) is 2.11. The maximum absolute atomic E-state index is 9.08. The Labute approximate surface area is 98.7 Å². The maximum Gasteiger partial charge on any atom is 0.163 e. The third-order valence-electron chi connectivity index (χ3n) is 2.90. The molecule has 5 heteroatoms. The van der Waals surface area contributed by atoms with Gasteiger partial charge in [0.2, 0.25) is 0 Å². The van der Waals surface area contributed by atoms with Gasteiger partial charge in [-0.2, -0.15) is 5.26 Å². The van der Waals surface area contributed by atoms with E-state index in [4.69, 9.17) is 5.26 Å². The molecule has 1 N–H and O–H groups in total. The molecule has 0 spiro atoms. The average Bonchev–Trinajstić information content (AvgIpc) is 2.78. The molecule has 0 saturated carbocycles. The Hall–Kier alpha value is -2.19. The van der Waals surface area contributed by atoms with E-state index >= 15 is 0 Å². The molecular weight excluding hydrogens is 214 g/mol. The van der Waals surface area contributed by atoms with E-state index in [1.165, 1.54) is 0 Å². The van der Waals surface area contributed by atoms with E-state index < -0.39 is 0 Å². The second kappa shape index (κ2) is 4.00. The fourth-order valence-electron chi connectivity index (χ4n) is 2.11. The average molecular weight is 225 g/mol. The van der Waals surface area contributed by atoms with E-state index in [1.54, 1.807) is 12.4 Å². The van der Waals surface area contributed by atoms with Crippen LogP contribution in [0.25, 0.3) is 11.4 Å². The summed E-state index contributed by atoms with van der Waals surface area (Å²) >= 11 is 0. The molecule has 5 nitrogen and oxygen atoms in total. The Kier molecular flexibility index (Phi) is 2.35. The molecule has 17 heavy (non-hydrogen) atoms. The Balaban J connectivity index is 2.18. The monoisotopic (exact) mass is 225 g/mol. The Morgan fingerprint density at radius 1 is 1.47 bits per heavy atom. The highest BCUT2D eigenvalue weighted by Crippen LogP contribution is 2.22. The molecule has 0 unspecified atom stereocenters. The lowest BCUT2D eigenvalue weighted by Crippen LogP contribution is -2.28. The van der Waals surface area contributed by atoms with Gasteiger partial charge in [0.15, 0.2) is 5.69 Å². The molecule has 0 fully saturated rings. The lowest BCUT2D eigenvalue weighted by Gasteiger charge is -2.17. The smallest absolute Gasteiger partial charge is 0.163 e. The van der Waals surface area contributed by atoms with Crippen molar-refractivity contribution in [3.05, 3.63) is 35.9 Å². The molecule has 1 aliphatic heterocycles. The lowest BCUT2D eigenvalue weighted by atomic mass is 10.2. The predicted molar refractivity (Wildman–Crippen MR) is 61.9 cm³/mol. The molecule has 0 radical (unpaired) electrons. The standard InChI is InChI=1S/C12H11N5/c13-6-10-11-8-15-4-5-17(11)12(16-10)9-2-1-3-14-7-9/h1-3,7,15H,4-5,8H2. The number of pyridine rings is 1. The highest BCUT2D eigenvalue weighted by molar-refractivity contribution is 5.57. The minimum Gasteiger partial charge on any atom is -0.324 e. The van der Waals surface area contributed by atoms with Crippen LogP contribution in [0.2, 0.25) is 0 Å². The van der Waals surface area contributed by atoms with Gasteiger partial charge in [0.25, 0.3) is 0 Å². The fraction of sp³-hybridized carbons (Fsp3) is 0.250. The molecule has 3 heterocycles. The lowest BCUT2D eigenvalue weighted by molar-refractivity contribution is 0.519. The zero-order valence-electron chi connectivity index (χ0n) is 9.22. The first-order valence-electron chi connectivity index (χ1n) is 5.51. The summed E-state index contributed by atoms with van der Waals surface area (Å²) in [4.78, 5) is 8.50. The minimum absolute atomic E-state index is 0.510. The summed E-state index contributed by atoms with van der Waals surface area (Å²) in [6, 6.07) is 6.00. The first kappa shape index (κ1) is 10.00. The summed E-state index contributed by atoms with van der Waals surface area (Å²) in [6.45, 7) is 2.45. The van der Waals surface area contributed by atoms with E-state index in [9.17, 15) is 0 Å². The van der Waals surface area contributed by atoms with Crippen LogP contribution < -0.4 is 5.32 Å². The van der Waals surface area contributed by atoms with Crippen molar-refractivity contribution in [1.29, 1.82) is 5.26 Å². The highest BCUT2D eigenvalue weighted by atomic mass is 15.2. The largest absolute Gasteiger partial charge is 0.324 e. The maximum atomic E-state index is 9.08. The van der Waals surface area contributed by atoms with Crippen LogP contribution in [0.5, 0.6) is 0 Å². The molecule has 2 aromatic rings. The van der Waals surface area contributed by atoms with Crippen LogP contribution in [0.3, 0.4) is 0 Å². The minimum atomic E-state index is 0.510. The van der Waals surface area contributed by atoms with Gasteiger partial charge in [-0.1, -0.05) is 0 Å². The number of fused-ring (bicyclic) bond motifs is 1. The molecule has 3 rings (SSSR count). The van der Waals surface area contributed by atoms with Gasteiger partial charge in [0.1, 0.15) is 11.9 Å². The van der Waals surface area contributed by atoms with Crippen LogP contribution in [0.1, 0.15) is 11.4 Å². The van der Waals surface area contributed by atoms with E-state index in [0.717, 1.165) is 30.2 Å². The summed E-state index contributed by atoms with van der Waals surface area (Å²) < 4.78 is 2.10. The van der Waals surface area contributed by atoms with Crippen molar-refractivity contribution < 1.29 is 0 Å². The molecule has 2 aromatic heterocycles. The van der Waals surface area contributed by atoms with Gasteiger partial charge < -0.3 is 9.88 Å². The Morgan fingerprint density at radius 3 is 3.18 bits per heavy atom. The van der Waals surface area contributed by atoms with Crippen molar-refractivity contribution in [2.45, 2.75) is 13.1 Å². The predicted octanol–water partition coefficient (Wildman–Crippen LogP) is 0.920. The van der Waals surface area contributed by atoms with Crippen LogP contribution in [-0.4, -0.2) is 21.1 Å². The highest BCUT2D eigenvalue weighted by Gasteiger charge is 2.20. The normalized spacial score (nSPS) is 14.1. The number of hydrogen-bond acceptors (Lipinski definition) is 4. The van der Waals surface area contributed by atoms with Gasteiger partial charge in [-0.25, -0.2) is 4.98 Å². The van der Waals surface area contributed by atoms with Crippen LogP contribution in [0, 0.1) is 11.3 Å². The van der Waals surface area contributed by atoms with Gasteiger partial charge in [0, 0.05) is 37.6 Å². The summed E-state index contributed by atoms with van der Waals surface area (Å²) in [7, 11) is 0. The molecular formula is C12H11N5. The van der Waals surface area contributed by atoms with E-state index in [1.807, 2.05) is 12.1 Å². The number of imidazole rings is 1. The van der Waals surface area contributed by atoms with Gasteiger partial charge in [-0.15, -0.1) is 0 Å². The number of rotatable bonds is 1. The van der Waals surface area contributed by atoms with Crippen molar-refractivity contribution in [2.24, 2.45) is 0 Å². The summed E-state index contributed by atoms with van der Waals surface area (Å²) in [5, 5.41) is 12.3. The molecule has 1 aliphatic rings. The van der Waals surface area contributed by atoms with Crippen molar-refractivity contribution >= 4 is 0 Å². The van der Waals surface area contributed by atoms with Gasteiger partial charge in [-0.05, 0) is 12.1 Å². The van der Waals surface area contributed by atoms with Gasteiger partial charge >= 0.3 is 0 Å². The van der Waals surface area contributed by atoms with E-state index in [-0.39, 0.29) is 0 Å². The SMILES string of the molecule is N#Cc1nc(-c2cccnc2)n2c1CNCC2. The van der Waals surface area contributed by atoms with Crippen LogP contribution in [0.4, 0.5) is 0 Å². The number of hydrogen-bond donors (Lipinski definition) is 1. The van der Waals surface area contributed by atoms with Crippen LogP contribution in [-0.2, 0) is 13.1 Å². The van der Waals surface area contributed by atoms with Crippen LogP contribution in [0.15, 0.2) is 24.5 Å². The van der Waals surface area contributed by atoms with Crippen molar-refractivity contribution in [3.63, 3.8) is 0 Å². The first-order valence-corrected chi connectivity index (χ1v) is 5.51. The number of nitriles is 1. The third-order valence-corrected chi connectivity index (χ3v) is 2.90. The van der Waals surface area contributed by atoms with Gasteiger partial charge in [0.05, 0.1) is 5.69 Å². The van der Waals surface area contributed by atoms with E-state index in [2.05, 4.69) is 25.9 Å².